The van der Waals surface area contributed by atoms with Gasteiger partial charge in [-0.1, -0.05) is 0 Å². The van der Waals surface area contributed by atoms with Crippen LogP contribution in [0.15, 0.2) is 24.3 Å². The number of rotatable bonds is 4. The number of hydrogen-bond donors (Lipinski definition) is 0. The lowest BCUT2D eigenvalue weighted by molar-refractivity contribution is -0.158. The Morgan fingerprint density at radius 2 is 1.65 bits per heavy atom. The molecule has 1 aromatic carbocycles. The van der Waals surface area contributed by atoms with E-state index >= 15 is 0 Å². The van der Waals surface area contributed by atoms with Crippen LogP contribution in [0.4, 0.5) is 13.2 Å². The fourth-order valence-electron chi connectivity index (χ4n) is 4.23. The van der Waals surface area contributed by atoms with E-state index in [-0.39, 0.29) is 35.9 Å². The summed E-state index contributed by atoms with van der Waals surface area (Å²) >= 11 is 0. The fourth-order valence-corrected chi connectivity index (χ4v) is 4.23. The van der Waals surface area contributed by atoms with E-state index in [9.17, 15) is 27.6 Å². The highest BCUT2D eigenvalue weighted by atomic mass is 19.4. The number of alkyl halides is 3. The fraction of sp³-hybridized carbons (Fsp3) is 0.591. The standard InChI is InChI=1S/C22H27F3N2O4/c1-2-31-21(30)18-5-3-4-12-27(18)20(29)16-10-13-26(14-11-16)19(28)15-6-8-17(9-7-15)22(23,24)25/h6-9,16,18H,2-5,10-14H2,1H3. The molecule has 2 aliphatic rings. The van der Waals surface area contributed by atoms with Gasteiger partial charge in [-0.15, -0.1) is 0 Å². The minimum absolute atomic E-state index is 0.0839. The van der Waals surface area contributed by atoms with Gasteiger partial charge in [0.15, 0.2) is 0 Å². The number of carbonyl (C=O) groups excluding carboxylic acids is 3. The van der Waals surface area contributed by atoms with Crippen LogP contribution in [-0.2, 0) is 20.5 Å². The predicted octanol–water partition coefficient (Wildman–Crippen LogP) is 3.50. The van der Waals surface area contributed by atoms with Gasteiger partial charge in [0.25, 0.3) is 5.91 Å². The van der Waals surface area contributed by atoms with Crippen molar-refractivity contribution in [1.82, 2.24) is 9.80 Å². The topological polar surface area (TPSA) is 66.9 Å². The molecule has 1 unspecified atom stereocenters. The third-order valence-corrected chi connectivity index (χ3v) is 5.94. The molecule has 2 saturated heterocycles. The van der Waals surface area contributed by atoms with Crippen LogP contribution in [0, 0.1) is 5.92 Å². The van der Waals surface area contributed by atoms with Crippen molar-refractivity contribution in [3.63, 3.8) is 0 Å². The Kier molecular flexibility index (Phi) is 7.23. The molecule has 0 saturated carbocycles. The lowest BCUT2D eigenvalue weighted by Gasteiger charge is -2.38. The summed E-state index contributed by atoms with van der Waals surface area (Å²) in [5.41, 5.74) is -0.609. The van der Waals surface area contributed by atoms with E-state index in [1.165, 1.54) is 12.1 Å². The quantitative estimate of drug-likeness (QED) is 0.673. The van der Waals surface area contributed by atoms with Gasteiger partial charge in [-0.25, -0.2) is 4.79 Å². The maximum absolute atomic E-state index is 13.1. The molecule has 2 amide bonds. The normalized spacial score (nSPS) is 20.5. The Balaban J connectivity index is 1.58. The van der Waals surface area contributed by atoms with Crippen LogP contribution in [-0.4, -0.2) is 59.9 Å². The minimum atomic E-state index is -4.45. The molecule has 1 atom stereocenters. The maximum atomic E-state index is 13.1. The van der Waals surface area contributed by atoms with Gasteiger partial charge in [-0.2, -0.15) is 13.2 Å². The largest absolute Gasteiger partial charge is 0.464 e. The molecule has 170 valence electrons. The van der Waals surface area contributed by atoms with E-state index in [0.29, 0.717) is 38.9 Å². The van der Waals surface area contributed by atoms with Gasteiger partial charge >= 0.3 is 12.1 Å². The predicted molar refractivity (Wildman–Crippen MR) is 106 cm³/mol. The third kappa shape index (κ3) is 5.37. The van der Waals surface area contributed by atoms with Crippen molar-refractivity contribution in [2.75, 3.05) is 26.2 Å². The van der Waals surface area contributed by atoms with Crippen LogP contribution < -0.4 is 0 Å². The molecule has 2 fully saturated rings. The summed E-state index contributed by atoms with van der Waals surface area (Å²) in [6.07, 6.45) is -1.24. The van der Waals surface area contributed by atoms with Crippen LogP contribution in [0.2, 0.25) is 0 Å². The number of hydrogen-bond acceptors (Lipinski definition) is 4. The van der Waals surface area contributed by atoms with Crippen molar-refractivity contribution in [2.24, 2.45) is 5.92 Å². The number of halogens is 3. The van der Waals surface area contributed by atoms with Crippen LogP contribution in [0.25, 0.3) is 0 Å². The number of carbonyl (C=O) groups is 3. The Labute approximate surface area is 179 Å². The van der Waals surface area contributed by atoms with Gasteiger partial charge in [0.1, 0.15) is 6.04 Å². The second kappa shape index (κ2) is 9.70. The van der Waals surface area contributed by atoms with Crippen molar-refractivity contribution in [2.45, 2.75) is 51.2 Å². The first-order valence-corrected chi connectivity index (χ1v) is 10.7. The van der Waals surface area contributed by atoms with E-state index in [0.717, 1.165) is 25.0 Å². The Morgan fingerprint density at radius 1 is 1.00 bits per heavy atom. The van der Waals surface area contributed by atoms with Crippen molar-refractivity contribution in [3.8, 4) is 0 Å². The summed E-state index contributed by atoms with van der Waals surface area (Å²) in [6.45, 7) is 3.20. The molecule has 2 aliphatic heterocycles. The zero-order chi connectivity index (χ0) is 22.6. The Morgan fingerprint density at radius 3 is 2.23 bits per heavy atom. The number of piperidine rings is 2. The molecule has 0 bridgehead atoms. The molecule has 0 aromatic heterocycles. The zero-order valence-corrected chi connectivity index (χ0v) is 17.5. The summed E-state index contributed by atoms with van der Waals surface area (Å²) in [4.78, 5) is 41.1. The number of benzene rings is 1. The lowest BCUT2D eigenvalue weighted by atomic mass is 9.92. The molecule has 31 heavy (non-hydrogen) atoms. The summed E-state index contributed by atoms with van der Waals surface area (Å²) in [7, 11) is 0. The highest BCUT2D eigenvalue weighted by Crippen LogP contribution is 2.30. The van der Waals surface area contributed by atoms with E-state index in [4.69, 9.17) is 4.74 Å². The average Bonchev–Trinajstić information content (AvgIpc) is 2.78. The molecule has 0 N–H and O–H groups in total. The van der Waals surface area contributed by atoms with Crippen molar-refractivity contribution in [1.29, 1.82) is 0 Å². The molecule has 0 radical (unpaired) electrons. The van der Waals surface area contributed by atoms with Gasteiger partial charge in [0, 0.05) is 31.1 Å². The van der Waals surface area contributed by atoms with Crippen LogP contribution in [0.5, 0.6) is 0 Å². The summed E-state index contributed by atoms with van der Waals surface area (Å²) in [5.74, 6) is -1.08. The van der Waals surface area contributed by atoms with E-state index in [1.54, 1.807) is 16.7 Å². The van der Waals surface area contributed by atoms with Crippen molar-refractivity contribution >= 4 is 17.8 Å². The van der Waals surface area contributed by atoms with Crippen LogP contribution in [0.1, 0.15) is 54.9 Å². The first-order chi connectivity index (χ1) is 14.7. The Bertz CT molecular complexity index is 802. The van der Waals surface area contributed by atoms with Gasteiger partial charge < -0.3 is 14.5 Å². The van der Waals surface area contributed by atoms with E-state index < -0.39 is 17.8 Å². The number of nitrogens with zero attached hydrogens (tertiary/aromatic N) is 2. The molecule has 3 rings (SSSR count). The van der Waals surface area contributed by atoms with Gasteiger partial charge in [-0.3, -0.25) is 9.59 Å². The molecule has 1 aromatic rings. The highest BCUT2D eigenvalue weighted by Gasteiger charge is 2.38. The maximum Gasteiger partial charge on any atom is 0.416 e. The molecule has 2 heterocycles. The Hall–Kier alpha value is -2.58. The molecule has 0 aliphatic carbocycles. The third-order valence-electron chi connectivity index (χ3n) is 5.94. The van der Waals surface area contributed by atoms with Gasteiger partial charge in [0.05, 0.1) is 12.2 Å². The van der Waals surface area contributed by atoms with Crippen LogP contribution in [0.3, 0.4) is 0 Å². The number of likely N-dealkylation sites (tertiary alicyclic amines) is 2. The highest BCUT2D eigenvalue weighted by molar-refractivity contribution is 5.94. The number of ether oxygens (including phenoxy) is 1. The first kappa shape index (κ1) is 23.1. The second-order valence-corrected chi connectivity index (χ2v) is 7.94. The second-order valence-electron chi connectivity index (χ2n) is 7.94. The summed E-state index contributed by atoms with van der Waals surface area (Å²) in [6, 6.07) is 3.61. The molecular weight excluding hydrogens is 413 g/mol. The SMILES string of the molecule is CCOC(=O)C1CCCCN1C(=O)C1CCN(C(=O)c2ccc(C(F)(F)F)cc2)CC1. The molecule has 0 spiro atoms. The van der Waals surface area contributed by atoms with Crippen LogP contribution >= 0.6 is 0 Å². The minimum Gasteiger partial charge on any atom is -0.464 e. The van der Waals surface area contributed by atoms with E-state index in [2.05, 4.69) is 0 Å². The number of amides is 2. The molecular formula is C22H27F3N2O4. The zero-order valence-electron chi connectivity index (χ0n) is 17.5. The number of esters is 1. The van der Waals surface area contributed by atoms with E-state index in [1.807, 2.05) is 0 Å². The first-order valence-electron chi connectivity index (χ1n) is 10.7. The molecule has 6 nitrogen and oxygen atoms in total. The smallest absolute Gasteiger partial charge is 0.416 e. The summed E-state index contributed by atoms with van der Waals surface area (Å²) < 4.78 is 43.2. The average molecular weight is 440 g/mol. The monoisotopic (exact) mass is 440 g/mol. The summed E-state index contributed by atoms with van der Waals surface area (Å²) in [5, 5.41) is 0. The van der Waals surface area contributed by atoms with Crippen molar-refractivity contribution in [3.05, 3.63) is 35.4 Å². The lowest BCUT2D eigenvalue weighted by Crippen LogP contribution is -2.52. The van der Waals surface area contributed by atoms with Crippen molar-refractivity contribution < 1.29 is 32.3 Å². The van der Waals surface area contributed by atoms with Gasteiger partial charge in [0.2, 0.25) is 5.91 Å². The molecule has 9 heteroatoms. The van der Waals surface area contributed by atoms with Gasteiger partial charge in [-0.05, 0) is 63.3 Å².